The van der Waals surface area contributed by atoms with Gasteiger partial charge in [-0.2, -0.15) is 5.10 Å². The molecule has 0 saturated heterocycles. The lowest BCUT2D eigenvalue weighted by molar-refractivity contribution is -0.117. The van der Waals surface area contributed by atoms with Crippen molar-refractivity contribution in [3.05, 3.63) is 39.6 Å². The summed E-state index contributed by atoms with van der Waals surface area (Å²) in [6, 6.07) is 5.65. The minimum atomic E-state index is -0.296. The van der Waals surface area contributed by atoms with Crippen LogP contribution in [0.1, 0.15) is 23.0 Å². The lowest BCUT2D eigenvalue weighted by Crippen LogP contribution is -2.23. The highest BCUT2D eigenvalue weighted by molar-refractivity contribution is 9.10. The minimum absolute atomic E-state index is 0.0279. The van der Waals surface area contributed by atoms with E-state index in [2.05, 4.69) is 31.7 Å². The summed E-state index contributed by atoms with van der Waals surface area (Å²) in [4.78, 5) is 11.9. The van der Waals surface area contributed by atoms with Crippen LogP contribution in [0.2, 0.25) is 0 Å². The van der Waals surface area contributed by atoms with Gasteiger partial charge in [0.25, 0.3) is 0 Å². The van der Waals surface area contributed by atoms with Crippen molar-refractivity contribution < 1.29 is 4.79 Å². The summed E-state index contributed by atoms with van der Waals surface area (Å²) in [5.41, 5.74) is 4.73. The first-order valence-corrected chi connectivity index (χ1v) is 7.16. The molecule has 2 N–H and O–H groups in total. The maximum Gasteiger partial charge on any atom is 0.246 e. The molecule has 1 amide bonds. The molecule has 0 radical (unpaired) electrons. The molecule has 6 heteroatoms. The second-order valence-corrected chi connectivity index (χ2v) is 5.80. The molecule has 2 aromatic rings. The number of carbonyl (C=O) groups excluding carboxylic acids is 1. The molecular weight excluding hydrogens is 320 g/mol. The number of likely N-dealkylation sites (N-methyl/N-ethyl adjacent to an activating group) is 1. The molecule has 0 aliphatic carbocycles. The number of halogens is 1. The third kappa shape index (κ3) is 1.96. The van der Waals surface area contributed by atoms with E-state index in [1.54, 1.807) is 7.05 Å². The van der Waals surface area contributed by atoms with Gasteiger partial charge in [0.1, 0.15) is 6.04 Å². The van der Waals surface area contributed by atoms with Crippen molar-refractivity contribution in [1.29, 1.82) is 0 Å². The first-order valence-electron chi connectivity index (χ1n) is 6.36. The zero-order valence-electron chi connectivity index (χ0n) is 11.5. The number of rotatable bonds is 2. The number of amides is 1. The summed E-state index contributed by atoms with van der Waals surface area (Å²) in [5, 5.41) is 10.4. The first kappa shape index (κ1) is 13.3. The fraction of sp³-hybridized carbons (Fsp3) is 0.286. The Kier molecular flexibility index (Phi) is 3.14. The molecule has 1 aliphatic rings. The Bertz CT molecular complexity index is 707. The maximum atomic E-state index is 11.9. The molecule has 0 fully saturated rings. The van der Waals surface area contributed by atoms with E-state index in [0.29, 0.717) is 0 Å². The number of hydrogen-bond acceptors (Lipinski definition) is 3. The smallest absolute Gasteiger partial charge is 0.246 e. The van der Waals surface area contributed by atoms with E-state index in [-0.39, 0.29) is 11.9 Å². The summed E-state index contributed by atoms with van der Waals surface area (Å²) in [5.74, 6) is -0.0279. The van der Waals surface area contributed by atoms with Gasteiger partial charge in [-0.1, -0.05) is 0 Å². The predicted molar refractivity (Wildman–Crippen MR) is 81.2 cm³/mol. The van der Waals surface area contributed by atoms with Gasteiger partial charge in [-0.05, 0) is 55.0 Å². The number of nitrogens with zero attached hydrogens (tertiary/aromatic N) is 2. The van der Waals surface area contributed by atoms with Crippen LogP contribution in [0, 0.1) is 13.8 Å². The predicted octanol–water partition coefficient (Wildman–Crippen LogP) is 2.46. The highest BCUT2D eigenvalue weighted by Crippen LogP contribution is 2.36. The fourth-order valence-electron chi connectivity index (χ4n) is 2.59. The number of benzene rings is 1. The van der Waals surface area contributed by atoms with Crippen molar-refractivity contribution in [3.63, 3.8) is 0 Å². The van der Waals surface area contributed by atoms with Crippen LogP contribution in [-0.4, -0.2) is 22.7 Å². The van der Waals surface area contributed by atoms with E-state index in [0.717, 1.165) is 32.8 Å². The van der Waals surface area contributed by atoms with Gasteiger partial charge in [0.15, 0.2) is 0 Å². The van der Waals surface area contributed by atoms with Crippen LogP contribution in [0.3, 0.4) is 0 Å². The normalized spacial score (nSPS) is 17.2. The van der Waals surface area contributed by atoms with Crippen molar-refractivity contribution >= 4 is 27.5 Å². The Balaban J connectivity index is 2.15. The van der Waals surface area contributed by atoms with Crippen LogP contribution in [-0.2, 0) is 4.79 Å². The molecule has 0 bridgehead atoms. The maximum absolute atomic E-state index is 11.9. The van der Waals surface area contributed by atoms with E-state index < -0.39 is 0 Å². The Morgan fingerprint density at radius 2 is 2.10 bits per heavy atom. The zero-order valence-corrected chi connectivity index (χ0v) is 13.1. The van der Waals surface area contributed by atoms with Crippen molar-refractivity contribution in [2.24, 2.45) is 0 Å². The Hall–Kier alpha value is -1.66. The summed E-state index contributed by atoms with van der Waals surface area (Å²) in [7, 11) is 1.78. The van der Waals surface area contributed by atoms with Gasteiger partial charge < -0.3 is 10.6 Å². The van der Waals surface area contributed by atoms with Crippen LogP contribution in [0.4, 0.5) is 5.69 Å². The monoisotopic (exact) mass is 334 g/mol. The van der Waals surface area contributed by atoms with Crippen molar-refractivity contribution in [2.75, 3.05) is 12.4 Å². The van der Waals surface area contributed by atoms with Gasteiger partial charge in [-0.15, -0.1) is 0 Å². The number of fused-ring (bicyclic) bond motifs is 1. The van der Waals surface area contributed by atoms with Crippen molar-refractivity contribution in [1.82, 2.24) is 15.1 Å². The fourth-order valence-corrected chi connectivity index (χ4v) is 3.12. The van der Waals surface area contributed by atoms with E-state index in [9.17, 15) is 4.79 Å². The summed E-state index contributed by atoms with van der Waals surface area (Å²) >= 11 is 3.58. The topological polar surface area (TPSA) is 59.0 Å². The quantitative estimate of drug-likeness (QED) is 0.886. The highest BCUT2D eigenvalue weighted by atomic mass is 79.9. The van der Waals surface area contributed by atoms with Crippen LogP contribution in [0.15, 0.2) is 22.7 Å². The molecule has 1 aromatic carbocycles. The van der Waals surface area contributed by atoms with Crippen LogP contribution in [0.5, 0.6) is 0 Å². The molecule has 5 nitrogen and oxygen atoms in total. The average molecular weight is 335 g/mol. The molecule has 2 heterocycles. The van der Waals surface area contributed by atoms with Gasteiger partial charge >= 0.3 is 0 Å². The number of carbonyl (C=O) groups is 1. The van der Waals surface area contributed by atoms with E-state index in [1.165, 1.54) is 0 Å². The molecule has 20 heavy (non-hydrogen) atoms. The van der Waals surface area contributed by atoms with Gasteiger partial charge in [0, 0.05) is 21.4 Å². The molecule has 1 atom stereocenters. The number of anilines is 1. The molecule has 1 aliphatic heterocycles. The summed E-state index contributed by atoms with van der Waals surface area (Å²) < 4.78 is 2.79. The SMILES string of the molecule is CNC1C(=O)Nc2cc(-n3nc(C)cc3C)c(Br)cc21. The van der Waals surface area contributed by atoms with Gasteiger partial charge in [-0.25, -0.2) is 4.68 Å². The molecule has 1 aromatic heterocycles. The Morgan fingerprint density at radius 1 is 1.35 bits per heavy atom. The van der Waals surface area contributed by atoms with Crippen molar-refractivity contribution in [3.8, 4) is 5.69 Å². The van der Waals surface area contributed by atoms with Crippen molar-refractivity contribution in [2.45, 2.75) is 19.9 Å². The molecule has 104 valence electrons. The van der Waals surface area contributed by atoms with Gasteiger partial charge in [0.05, 0.1) is 11.4 Å². The number of aromatic nitrogens is 2. The average Bonchev–Trinajstić information content (AvgIpc) is 2.87. The third-order valence-electron chi connectivity index (χ3n) is 3.48. The van der Waals surface area contributed by atoms with E-state index in [4.69, 9.17) is 0 Å². The van der Waals surface area contributed by atoms with E-state index >= 15 is 0 Å². The minimum Gasteiger partial charge on any atom is -0.324 e. The Labute approximate surface area is 125 Å². The molecule has 3 rings (SSSR count). The molecule has 1 unspecified atom stereocenters. The van der Waals surface area contributed by atoms with Crippen LogP contribution >= 0.6 is 15.9 Å². The van der Waals surface area contributed by atoms with Gasteiger partial charge in [-0.3, -0.25) is 4.79 Å². The standard InChI is InChI=1S/C14H15BrN4O/c1-7-4-8(2)19(18-7)12-6-11-9(5-10(12)15)13(16-3)14(20)17-11/h4-6,13,16H,1-3H3,(H,17,20). The summed E-state index contributed by atoms with van der Waals surface area (Å²) in [6.07, 6.45) is 0. The second-order valence-electron chi connectivity index (χ2n) is 4.94. The molecule has 0 spiro atoms. The van der Waals surface area contributed by atoms with Crippen LogP contribution < -0.4 is 10.6 Å². The van der Waals surface area contributed by atoms with Crippen LogP contribution in [0.25, 0.3) is 5.69 Å². The number of aryl methyl sites for hydroxylation is 2. The largest absolute Gasteiger partial charge is 0.324 e. The Morgan fingerprint density at radius 3 is 2.70 bits per heavy atom. The van der Waals surface area contributed by atoms with E-state index in [1.807, 2.05) is 36.7 Å². The van der Waals surface area contributed by atoms with Gasteiger partial charge in [0.2, 0.25) is 5.91 Å². The first-order chi connectivity index (χ1) is 9.51. The third-order valence-corrected chi connectivity index (χ3v) is 4.11. The number of nitrogens with one attached hydrogen (secondary N) is 2. The zero-order chi connectivity index (χ0) is 14.4. The molecular formula is C14H15BrN4O. The lowest BCUT2D eigenvalue weighted by atomic mass is 10.1. The molecule has 0 saturated carbocycles. The lowest BCUT2D eigenvalue weighted by Gasteiger charge is -2.11. The summed E-state index contributed by atoms with van der Waals surface area (Å²) in [6.45, 7) is 3.97. The number of hydrogen-bond donors (Lipinski definition) is 2. The second kappa shape index (κ2) is 4.71. The highest BCUT2D eigenvalue weighted by Gasteiger charge is 2.30.